The third-order valence-electron chi connectivity index (χ3n) is 5.31. The predicted molar refractivity (Wildman–Crippen MR) is 112 cm³/mol. The molecular weight excluding hydrogens is 352 g/mol. The van der Waals surface area contributed by atoms with E-state index in [1.807, 2.05) is 47.4 Å². The minimum atomic E-state index is 0.108. The smallest absolute Gasteiger partial charge is 0.241 e. The van der Waals surface area contributed by atoms with Crippen molar-refractivity contribution in [3.05, 3.63) is 54.1 Å². The molecule has 1 aliphatic rings. The van der Waals surface area contributed by atoms with Crippen molar-refractivity contribution in [3.63, 3.8) is 0 Å². The molecule has 1 aliphatic heterocycles. The zero-order valence-corrected chi connectivity index (χ0v) is 17.2. The van der Waals surface area contributed by atoms with Gasteiger partial charge in [-0.05, 0) is 63.1 Å². The minimum absolute atomic E-state index is 0.108. The molecule has 1 atom stereocenters. The van der Waals surface area contributed by atoms with E-state index in [4.69, 9.17) is 9.47 Å². The van der Waals surface area contributed by atoms with Gasteiger partial charge in [0.25, 0.3) is 0 Å². The molecular formula is C23H30N2O3. The lowest BCUT2D eigenvalue weighted by atomic mass is 10.0. The monoisotopic (exact) mass is 382 g/mol. The van der Waals surface area contributed by atoms with Crippen LogP contribution in [0.4, 0.5) is 5.69 Å². The number of carbonyl (C=O) groups is 1. The van der Waals surface area contributed by atoms with Crippen LogP contribution in [0.25, 0.3) is 0 Å². The molecule has 150 valence electrons. The van der Waals surface area contributed by atoms with Crippen molar-refractivity contribution in [1.82, 2.24) is 4.90 Å². The van der Waals surface area contributed by atoms with Gasteiger partial charge in [0.1, 0.15) is 0 Å². The zero-order chi connectivity index (χ0) is 20.1. The lowest BCUT2D eigenvalue weighted by Crippen LogP contribution is -2.43. The van der Waals surface area contributed by atoms with E-state index in [1.165, 1.54) is 5.56 Å². The molecule has 2 aromatic carbocycles. The first-order chi connectivity index (χ1) is 13.5. The minimum Gasteiger partial charge on any atom is -0.493 e. The molecule has 0 saturated carbocycles. The highest BCUT2D eigenvalue weighted by Gasteiger charge is 2.30. The quantitative estimate of drug-likeness (QED) is 0.717. The number of amides is 1. The molecule has 1 heterocycles. The van der Waals surface area contributed by atoms with E-state index >= 15 is 0 Å². The van der Waals surface area contributed by atoms with E-state index in [2.05, 4.69) is 24.8 Å². The Morgan fingerprint density at radius 3 is 2.46 bits per heavy atom. The number of ether oxygens (including phenoxy) is 2. The van der Waals surface area contributed by atoms with Gasteiger partial charge in [-0.25, -0.2) is 0 Å². The average molecular weight is 383 g/mol. The molecule has 0 N–H and O–H groups in total. The van der Waals surface area contributed by atoms with Gasteiger partial charge in [-0.2, -0.15) is 0 Å². The fourth-order valence-electron chi connectivity index (χ4n) is 4.02. The third-order valence-corrected chi connectivity index (χ3v) is 5.31. The maximum atomic E-state index is 13.2. The van der Waals surface area contributed by atoms with E-state index in [1.54, 1.807) is 14.2 Å². The van der Waals surface area contributed by atoms with Crippen molar-refractivity contribution in [2.45, 2.75) is 38.8 Å². The fourth-order valence-corrected chi connectivity index (χ4v) is 4.02. The second-order valence-electron chi connectivity index (χ2n) is 7.44. The highest BCUT2D eigenvalue weighted by atomic mass is 16.5. The van der Waals surface area contributed by atoms with Gasteiger partial charge in [-0.3, -0.25) is 9.69 Å². The van der Waals surface area contributed by atoms with Gasteiger partial charge in [-0.15, -0.1) is 0 Å². The van der Waals surface area contributed by atoms with Crippen LogP contribution >= 0.6 is 0 Å². The number of hydrogen-bond acceptors (Lipinski definition) is 4. The first-order valence-electron chi connectivity index (χ1n) is 9.88. The number of anilines is 1. The van der Waals surface area contributed by atoms with Gasteiger partial charge >= 0.3 is 0 Å². The highest BCUT2D eigenvalue weighted by molar-refractivity contribution is 5.95. The van der Waals surface area contributed by atoms with Crippen molar-refractivity contribution in [2.24, 2.45) is 0 Å². The van der Waals surface area contributed by atoms with E-state index in [0.29, 0.717) is 6.54 Å². The molecule has 3 rings (SSSR count). The van der Waals surface area contributed by atoms with Crippen molar-refractivity contribution >= 4 is 11.6 Å². The molecule has 0 spiro atoms. The predicted octanol–water partition coefficient (Wildman–Crippen LogP) is 4.28. The summed E-state index contributed by atoms with van der Waals surface area (Å²) in [6.45, 7) is 5.44. The second-order valence-corrected chi connectivity index (χ2v) is 7.44. The fraction of sp³-hybridized carbons (Fsp3) is 0.435. The van der Waals surface area contributed by atoms with Crippen LogP contribution in [0.5, 0.6) is 11.5 Å². The van der Waals surface area contributed by atoms with Crippen LogP contribution in [-0.2, 0) is 4.79 Å². The van der Waals surface area contributed by atoms with Crippen LogP contribution in [-0.4, -0.2) is 44.2 Å². The van der Waals surface area contributed by atoms with Crippen molar-refractivity contribution in [2.75, 3.05) is 32.2 Å². The Balaban J connectivity index is 1.78. The first-order valence-corrected chi connectivity index (χ1v) is 9.88. The molecule has 0 aromatic heterocycles. The number of benzene rings is 2. The molecule has 0 bridgehead atoms. The molecule has 1 amide bonds. The molecule has 1 unspecified atom stereocenters. The van der Waals surface area contributed by atoms with Crippen molar-refractivity contribution in [1.29, 1.82) is 0 Å². The number of carbonyl (C=O) groups excluding carboxylic acids is 1. The number of hydrogen-bond donors (Lipinski definition) is 0. The van der Waals surface area contributed by atoms with E-state index < -0.39 is 0 Å². The zero-order valence-electron chi connectivity index (χ0n) is 17.2. The normalized spacial score (nSPS) is 17.0. The summed E-state index contributed by atoms with van der Waals surface area (Å²) < 4.78 is 10.8. The Morgan fingerprint density at radius 1 is 1.11 bits per heavy atom. The Labute approximate surface area is 167 Å². The Kier molecular flexibility index (Phi) is 6.57. The summed E-state index contributed by atoms with van der Waals surface area (Å²) >= 11 is 0. The van der Waals surface area contributed by atoms with Crippen LogP contribution in [0.1, 0.15) is 38.3 Å². The van der Waals surface area contributed by atoms with Crippen LogP contribution in [0.2, 0.25) is 0 Å². The maximum absolute atomic E-state index is 13.2. The largest absolute Gasteiger partial charge is 0.493 e. The van der Waals surface area contributed by atoms with Crippen LogP contribution in [0.3, 0.4) is 0 Å². The average Bonchev–Trinajstić information content (AvgIpc) is 3.16. The lowest BCUT2D eigenvalue weighted by molar-refractivity contribution is -0.120. The Morgan fingerprint density at radius 2 is 1.82 bits per heavy atom. The summed E-state index contributed by atoms with van der Waals surface area (Å²) in [5, 5.41) is 0. The second kappa shape index (κ2) is 9.11. The van der Waals surface area contributed by atoms with Gasteiger partial charge in [0.15, 0.2) is 11.5 Å². The summed E-state index contributed by atoms with van der Waals surface area (Å²) in [5.41, 5.74) is 2.11. The molecule has 2 aromatic rings. The number of nitrogens with zero attached hydrogens (tertiary/aromatic N) is 2. The third kappa shape index (κ3) is 4.30. The lowest BCUT2D eigenvalue weighted by Gasteiger charge is -2.31. The standard InChI is InChI=1S/C23H30N2O3/c1-17(2)25(19-9-6-5-7-10-19)23(26)16-24-14-8-11-20(24)18-12-13-21(27-3)22(15-18)28-4/h5-7,9-10,12-13,15,17,20H,8,11,14,16H2,1-4H3. The first kappa shape index (κ1) is 20.2. The molecule has 5 nitrogen and oxygen atoms in total. The number of methoxy groups -OCH3 is 2. The van der Waals surface area contributed by atoms with Gasteiger partial charge in [0, 0.05) is 17.8 Å². The highest BCUT2D eigenvalue weighted by Crippen LogP contribution is 2.37. The maximum Gasteiger partial charge on any atom is 0.241 e. The summed E-state index contributed by atoms with van der Waals surface area (Å²) in [4.78, 5) is 17.4. The SMILES string of the molecule is COc1ccc(C2CCCN2CC(=O)N(c2ccccc2)C(C)C)cc1OC. The Bertz CT molecular complexity index is 792. The Hall–Kier alpha value is -2.53. The van der Waals surface area contributed by atoms with Gasteiger partial charge < -0.3 is 14.4 Å². The molecule has 1 saturated heterocycles. The van der Waals surface area contributed by atoms with Gasteiger partial charge in [0.2, 0.25) is 5.91 Å². The molecule has 5 heteroatoms. The van der Waals surface area contributed by atoms with Crippen molar-refractivity contribution in [3.8, 4) is 11.5 Å². The topological polar surface area (TPSA) is 42.0 Å². The van der Waals surface area contributed by atoms with Crippen LogP contribution in [0.15, 0.2) is 48.5 Å². The van der Waals surface area contributed by atoms with Gasteiger partial charge in [0.05, 0.1) is 20.8 Å². The summed E-state index contributed by atoms with van der Waals surface area (Å²) in [7, 11) is 3.29. The van der Waals surface area contributed by atoms with E-state index in [-0.39, 0.29) is 18.0 Å². The van der Waals surface area contributed by atoms with Crippen LogP contribution < -0.4 is 14.4 Å². The van der Waals surface area contributed by atoms with E-state index in [0.717, 1.165) is 36.6 Å². The number of rotatable bonds is 7. The number of likely N-dealkylation sites (tertiary alicyclic amines) is 1. The summed E-state index contributed by atoms with van der Waals surface area (Å²) in [6.07, 6.45) is 2.12. The molecule has 28 heavy (non-hydrogen) atoms. The van der Waals surface area contributed by atoms with Crippen molar-refractivity contribution < 1.29 is 14.3 Å². The van der Waals surface area contributed by atoms with Crippen LogP contribution in [0, 0.1) is 0 Å². The van der Waals surface area contributed by atoms with Gasteiger partial charge in [-0.1, -0.05) is 24.3 Å². The molecule has 0 radical (unpaired) electrons. The van der Waals surface area contributed by atoms with E-state index in [9.17, 15) is 4.79 Å². The summed E-state index contributed by atoms with van der Waals surface area (Å²) in [6, 6.07) is 16.3. The molecule has 1 fully saturated rings. The summed E-state index contributed by atoms with van der Waals surface area (Å²) in [5.74, 6) is 1.58. The number of para-hydroxylation sites is 1. The molecule has 0 aliphatic carbocycles.